The summed E-state index contributed by atoms with van der Waals surface area (Å²) in [6, 6.07) is 15.0. The molecule has 0 saturated carbocycles. The Balaban J connectivity index is 1.28. The van der Waals surface area contributed by atoms with Crippen molar-refractivity contribution < 1.29 is 33.3 Å². The van der Waals surface area contributed by atoms with Gasteiger partial charge in [0.25, 0.3) is 0 Å². The lowest BCUT2D eigenvalue weighted by Gasteiger charge is -2.30. The largest absolute Gasteiger partial charge is 0.493 e. The maximum atomic E-state index is 13.3. The van der Waals surface area contributed by atoms with Crippen molar-refractivity contribution in [1.29, 1.82) is 0 Å². The van der Waals surface area contributed by atoms with Gasteiger partial charge >= 0.3 is 11.9 Å². The lowest BCUT2D eigenvalue weighted by atomic mass is 9.80. The highest BCUT2D eigenvalue weighted by atomic mass is 35.5. The van der Waals surface area contributed by atoms with E-state index in [2.05, 4.69) is 5.32 Å². The zero-order chi connectivity index (χ0) is 29.2. The van der Waals surface area contributed by atoms with E-state index in [1.165, 1.54) is 7.11 Å². The number of allylic oxidation sites excluding steroid dienone is 2. The van der Waals surface area contributed by atoms with Crippen molar-refractivity contribution in [2.75, 3.05) is 33.5 Å². The molecule has 0 amide bonds. The van der Waals surface area contributed by atoms with E-state index in [-0.39, 0.29) is 12.9 Å². The number of dihydropyridines is 1. The molecule has 0 spiro atoms. The van der Waals surface area contributed by atoms with Crippen LogP contribution in [0.25, 0.3) is 0 Å². The number of halogens is 1. The third-order valence-corrected chi connectivity index (χ3v) is 7.35. The van der Waals surface area contributed by atoms with Crippen LogP contribution in [-0.4, -0.2) is 51.8 Å². The third-order valence-electron chi connectivity index (χ3n) is 7.11. The molecule has 1 fully saturated rings. The van der Waals surface area contributed by atoms with Crippen LogP contribution in [0.4, 0.5) is 0 Å². The van der Waals surface area contributed by atoms with Gasteiger partial charge in [-0.15, -0.1) is 0 Å². The van der Waals surface area contributed by atoms with Crippen molar-refractivity contribution in [3.63, 3.8) is 0 Å². The Morgan fingerprint density at radius 1 is 0.976 bits per heavy atom. The van der Waals surface area contributed by atoms with Crippen LogP contribution < -0.4 is 10.1 Å². The van der Waals surface area contributed by atoms with E-state index in [9.17, 15) is 9.59 Å². The first kappa shape index (κ1) is 30.6. The minimum absolute atomic E-state index is 0.0757. The molecule has 9 heteroatoms. The lowest BCUT2D eigenvalue weighted by Crippen LogP contribution is -2.32. The predicted molar refractivity (Wildman–Crippen MR) is 156 cm³/mol. The molecule has 1 saturated heterocycles. The molecule has 0 radical (unpaired) electrons. The summed E-state index contributed by atoms with van der Waals surface area (Å²) in [5.41, 5.74) is 3.77. The second-order valence-electron chi connectivity index (χ2n) is 10.1. The summed E-state index contributed by atoms with van der Waals surface area (Å²) in [6.07, 6.45) is 4.46. The quantitative estimate of drug-likeness (QED) is 0.246. The van der Waals surface area contributed by atoms with Gasteiger partial charge in [0.2, 0.25) is 0 Å². The molecular formula is C32H38ClNO7. The lowest BCUT2D eigenvalue weighted by molar-refractivity contribution is -0.161. The van der Waals surface area contributed by atoms with Gasteiger partial charge in [0.05, 0.1) is 44.0 Å². The zero-order valence-corrected chi connectivity index (χ0v) is 24.6. The van der Waals surface area contributed by atoms with Crippen molar-refractivity contribution >= 4 is 23.5 Å². The Hall–Kier alpha value is -3.33. The standard InChI is InChI=1S/C32H38ClNO7/c1-21-28(31(35)37-3)30(24-8-6-9-25(33)20-24)29(22(2)34-21)32(36)41-18-7-17-38-26-13-11-23(12-14-26)15-19-40-27-10-4-5-16-39-27/h6,8-9,11-14,20,27,30,34H,4-5,7,10,15-19H2,1-3H3. The molecular weight excluding hydrogens is 546 g/mol. The zero-order valence-electron chi connectivity index (χ0n) is 23.9. The van der Waals surface area contributed by atoms with Gasteiger partial charge in [0.15, 0.2) is 6.29 Å². The first-order chi connectivity index (χ1) is 19.9. The molecule has 2 unspecified atom stereocenters. The van der Waals surface area contributed by atoms with Gasteiger partial charge in [-0.1, -0.05) is 35.9 Å². The number of ether oxygens (including phenoxy) is 5. The van der Waals surface area contributed by atoms with Gasteiger partial charge in [-0.2, -0.15) is 0 Å². The fourth-order valence-corrected chi connectivity index (χ4v) is 5.26. The topological polar surface area (TPSA) is 92.3 Å². The average Bonchev–Trinajstić information content (AvgIpc) is 2.97. The van der Waals surface area contributed by atoms with Gasteiger partial charge in [-0.3, -0.25) is 0 Å². The van der Waals surface area contributed by atoms with Crippen LogP contribution in [0, 0.1) is 0 Å². The molecule has 2 aromatic rings. The monoisotopic (exact) mass is 583 g/mol. The fourth-order valence-electron chi connectivity index (χ4n) is 5.06. The Labute approximate surface area is 246 Å². The van der Waals surface area contributed by atoms with E-state index >= 15 is 0 Å². The van der Waals surface area contributed by atoms with Gasteiger partial charge in [0.1, 0.15) is 5.75 Å². The number of benzene rings is 2. The van der Waals surface area contributed by atoms with Crippen molar-refractivity contribution in [1.82, 2.24) is 5.32 Å². The minimum Gasteiger partial charge on any atom is -0.493 e. The maximum Gasteiger partial charge on any atom is 0.336 e. The highest BCUT2D eigenvalue weighted by Gasteiger charge is 2.37. The first-order valence-electron chi connectivity index (χ1n) is 14.0. The molecule has 2 atom stereocenters. The van der Waals surface area contributed by atoms with Gasteiger partial charge in [-0.05, 0) is 74.9 Å². The number of hydrogen-bond acceptors (Lipinski definition) is 8. The summed E-state index contributed by atoms with van der Waals surface area (Å²) in [6.45, 7) is 5.51. The molecule has 41 heavy (non-hydrogen) atoms. The second-order valence-corrected chi connectivity index (χ2v) is 10.5. The SMILES string of the molecule is COC(=O)C1=C(C)NC(C)=C(C(=O)OCCCOc2ccc(CCOC3CCCCO3)cc2)C1c1cccc(Cl)c1. The van der Waals surface area contributed by atoms with Gasteiger partial charge in [0, 0.05) is 29.4 Å². The Kier molecular flexibility index (Phi) is 11.2. The minimum atomic E-state index is -0.676. The number of esters is 2. The van der Waals surface area contributed by atoms with E-state index < -0.39 is 17.9 Å². The van der Waals surface area contributed by atoms with Crippen molar-refractivity contribution in [2.45, 2.75) is 58.2 Å². The smallest absolute Gasteiger partial charge is 0.336 e. The predicted octanol–water partition coefficient (Wildman–Crippen LogP) is 5.85. The molecule has 0 aromatic heterocycles. The number of nitrogens with one attached hydrogen (secondary N) is 1. The van der Waals surface area contributed by atoms with Gasteiger partial charge < -0.3 is 29.0 Å². The van der Waals surface area contributed by atoms with Crippen LogP contribution >= 0.6 is 11.6 Å². The molecule has 0 bridgehead atoms. The molecule has 2 aliphatic heterocycles. The fraction of sp³-hybridized carbons (Fsp3) is 0.438. The summed E-state index contributed by atoms with van der Waals surface area (Å²) < 4.78 is 27.9. The normalized spacial score (nSPS) is 19.0. The Morgan fingerprint density at radius 3 is 2.41 bits per heavy atom. The van der Waals surface area contributed by atoms with Crippen LogP contribution in [0.2, 0.25) is 5.02 Å². The average molecular weight is 584 g/mol. The molecule has 8 nitrogen and oxygen atoms in total. The Morgan fingerprint density at radius 2 is 1.73 bits per heavy atom. The van der Waals surface area contributed by atoms with E-state index in [0.29, 0.717) is 52.8 Å². The first-order valence-corrected chi connectivity index (χ1v) is 14.4. The van der Waals surface area contributed by atoms with Crippen LogP contribution in [0.1, 0.15) is 56.6 Å². The van der Waals surface area contributed by atoms with Crippen LogP contribution in [-0.2, 0) is 35.0 Å². The van der Waals surface area contributed by atoms with Crippen LogP contribution in [0.15, 0.2) is 71.1 Å². The summed E-state index contributed by atoms with van der Waals surface area (Å²) in [5.74, 6) is -0.969. The maximum absolute atomic E-state index is 13.3. The van der Waals surface area contributed by atoms with E-state index in [4.69, 9.17) is 35.3 Å². The molecule has 2 aromatic carbocycles. The van der Waals surface area contributed by atoms with E-state index in [1.807, 2.05) is 30.3 Å². The number of methoxy groups -OCH3 is 1. The molecule has 220 valence electrons. The van der Waals surface area contributed by atoms with Crippen LogP contribution in [0.5, 0.6) is 5.75 Å². The third kappa shape index (κ3) is 8.35. The Bertz CT molecular complexity index is 1270. The van der Waals surface area contributed by atoms with Gasteiger partial charge in [-0.25, -0.2) is 9.59 Å². The van der Waals surface area contributed by atoms with E-state index in [1.54, 1.807) is 32.0 Å². The highest BCUT2D eigenvalue weighted by molar-refractivity contribution is 6.30. The molecule has 4 rings (SSSR count). The summed E-state index contributed by atoms with van der Waals surface area (Å²) >= 11 is 6.25. The molecule has 2 heterocycles. The number of hydrogen-bond donors (Lipinski definition) is 1. The molecule has 2 aliphatic rings. The van der Waals surface area contributed by atoms with Crippen LogP contribution in [0.3, 0.4) is 0 Å². The van der Waals surface area contributed by atoms with Crippen molar-refractivity contribution in [2.24, 2.45) is 0 Å². The second kappa shape index (κ2) is 15.1. The van der Waals surface area contributed by atoms with Crippen molar-refractivity contribution in [3.8, 4) is 5.75 Å². The summed E-state index contributed by atoms with van der Waals surface area (Å²) in [4.78, 5) is 26.0. The highest BCUT2D eigenvalue weighted by Crippen LogP contribution is 2.39. The van der Waals surface area contributed by atoms with E-state index in [0.717, 1.165) is 43.6 Å². The molecule has 1 N–H and O–H groups in total. The number of rotatable bonds is 12. The number of carbonyl (C=O) groups excluding carboxylic acids is 2. The molecule has 0 aliphatic carbocycles. The van der Waals surface area contributed by atoms with Crippen molar-refractivity contribution in [3.05, 3.63) is 87.2 Å². The summed E-state index contributed by atoms with van der Waals surface area (Å²) in [5, 5.41) is 3.63. The number of carbonyl (C=O) groups is 2. The summed E-state index contributed by atoms with van der Waals surface area (Å²) in [7, 11) is 1.32.